The molecule has 1 fully saturated rings. The summed E-state index contributed by atoms with van der Waals surface area (Å²) in [7, 11) is 1.88. The zero-order valence-electron chi connectivity index (χ0n) is 14.7. The molecule has 3 heterocycles. The van der Waals surface area contributed by atoms with Gasteiger partial charge in [-0.15, -0.1) is 0 Å². The molecule has 0 radical (unpaired) electrons. The van der Waals surface area contributed by atoms with E-state index in [9.17, 15) is 4.79 Å². The summed E-state index contributed by atoms with van der Waals surface area (Å²) in [6.07, 6.45) is 5.76. The Morgan fingerprint density at radius 1 is 1.32 bits per heavy atom. The highest BCUT2D eigenvalue weighted by atomic mass is 16.1. The second-order valence-electron chi connectivity index (χ2n) is 6.75. The summed E-state index contributed by atoms with van der Waals surface area (Å²) in [4.78, 5) is 21.8. The summed E-state index contributed by atoms with van der Waals surface area (Å²) in [6, 6.07) is 5.68. The van der Waals surface area contributed by atoms with Crippen LogP contribution in [0, 0.1) is 6.92 Å². The summed E-state index contributed by atoms with van der Waals surface area (Å²) >= 11 is 0. The number of aromatic nitrogens is 4. The fourth-order valence-corrected chi connectivity index (χ4v) is 3.24. The maximum atomic E-state index is 13.0. The summed E-state index contributed by atoms with van der Waals surface area (Å²) in [5.74, 6) is 0.387. The van der Waals surface area contributed by atoms with E-state index in [4.69, 9.17) is 4.98 Å². The molecule has 0 bridgehead atoms. The molecule has 128 valence electrons. The van der Waals surface area contributed by atoms with E-state index >= 15 is 0 Å². The lowest BCUT2D eigenvalue weighted by Gasteiger charge is -2.15. The van der Waals surface area contributed by atoms with Crippen LogP contribution in [0.1, 0.15) is 59.0 Å². The molecule has 3 aromatic heterocycles. The van der Waals surface area contributed by atoms with Crippen molar-refractivity contribution in [3.05, 3.63) is 53.1 Å². The fourth-order valence-electron chi connectivity index (χ4n) is 3.24. The number of hydrogen-bond donors (Lipinski definition) is 1. The Kier molecular flexibility index (Phi) is 3.75. The van der Waals surface area contributed by atoms with Crippen LogP contribution in [-0.2, 0) is 7.05 Å². The van der Waals surface area contributed by atoms with E-state index in [1.165, 1.54) is 0 Å². The normalized spacial score (nSPS) is 15.3. The van der Waals surface area contributed by atoms with Crippen LogP contribution in [0.2, 0.25) is 0 Å². The van der Waals surface area contributed by atoms with Gasteiger partial charge in [-0.25, -0.2) is 4.98 Å². The molecule has 6 nitrogen and oxygen atoms in total. The molecule has 4 rings (SSSR count). The second-order valence-corrected chi connectivity index (χ2v) is 6.75. The van der Waals surface area contributed by atoms with Crippen LogP contribution in [-0.4, -0.2) is 25.7 Å². The molecular formula is C19H21N5O. The Balaban J connectivity index is 1.73. The first-order valence-corrected chi connectivity index (χ1v) is 8.59. The fraction of sp³-hybridized carbons (Fsp3) is 0.368. The van der Waals surface area contributed by atoms with Crippen molar-refractivity contribution in [2.75, 3.05) is 0 Å². The molecule has 1 aliphatic carbocycles. The van der Waals surface area contributed by atoms with Gasteiger partial charge in [0.25, 0.3) is 5.91 Å². The molecule has 0 saturated heterocycles. The number of carbonyl (C=O) groups is 1. The minimum absolute atomic E-state index is 0.0882. The minimum Gasteiger partial charge on any atom is -0.345 e. The quantitative estimate of drug-likeness (QED) is 0.795. The zero-order chi connectivity index (χ0) is 17.6. The van der Waals surface area contributed by atoms with Crippen LogP contribution in [0.3, 0.4) is 0 Å². The molecule has 1 aliphatic rings. The van der Waals surface area contributed by atoms with E-state index in [-0.39, 0.29) is 11.9 Å². The van der Waals surface area contributed by atoms with Gasteiger partial charge in [-0.05, 0) is 50.5 Å². The summed E-state index contributed by atoms with van der Waals surface area (Å²) in [5, 5.41) is 8.39. The van der Waals surface area contributed by atoms with E-state index in [0.29, 0.717) is 11.5 Å². The number of carbonyl (C=O) groups excluding carboxylic acids is 1. The number of fused-ring (bicyclic) bond motifs is 1. The van der Waals surface area contributed by atoms with Gasteiger partial charge in [-0.1, -0.05) is 0 Å². The van der Waals surface area contributed by atoms with Crippen molar-refractivity contribution in [2.24, 2.45) is 7.05 Å². The Morgan fingerprint density at radius 3 is 2.72 bits per heavy atom. The maximum Gasteiger partial charge on any atom is 0.252 e. The highest BCUT2D eigenvalue weighted by Gasteiger charge is 2.28. The Hall–Kier alpha value is -2.76. The average Bonchev–Trinajstić information content (AvgIpc) is 3.42. The number of nitrogens with zero attached hydrogens (tertiary/aromatic N) is 4. The van der Waals surface area contributed by atoms with Gasteiger partial charge in [0.15, 0.2) is 5.65 Å². The van der Waals surface area contributed by atoms with Gasteiger partial charge in [0.2, 0.25) is 0 Å². The second kappa shape index (κ2) is 5.95. The van der Waals surface area contributed by atoms with Gasteiger partial charge in [-0.2, -0.15) is 5.10 Å². The topological polar surface area (TPSA) is 72.7 Å². The van der Waals surface area contributed by atoms with Crippen LogP contribution >= 0.6 is 0 Å². The van der Waals surface area contributed by atoms with Crippen molar-refractivity contribution in [3.63, 3.8) is 0 Å². The van der Waals surface area contributed by atoms with Crippen LogP contribution < -0.4 is 5.32 Å². The van der Waals surface area contributed by atoms with Gasteiger partial charge in [0, 0.05) is 31.1 Å². The standard InChI is InChI=1S/C19H21N5O/c1-11(13-6-8-20-9-7-13)21-19(25)15-10-16(14-4-5-14)22-18-17(15)12(2)23-24(18)3/h6-11,14H,4-5H2,1-3H3,(H,21,25). The first-order valence-electron chi connectivity index (χ1n) is 8.59. The van der Waals surface area contributed by atoms with E-state index in [1.54, 1.807) is 17.1 Å². The molecule has 1 saturated carbocycles. The van der Waals surface area contributed by atoms with Crippen molar-refractivity contribution in [2.45, 2.75) is 38.6 Å². The van der Waals surface area contributed by atoms with Crippen LogP contribution in [0.25, 0.3) is 11.0 Å². The van der Waals surface area contributed by atoms with Crippen molar-refractivity contribution < 1.29 is 4.79 Å². The third-order valence-corrected chi connectivity index (χ3v) is 4.78. The van der Waals surface area contributed by atoms with Crippen LogP contribution in [0.4, 0.5) is 0 Å². The molecular weight excluding hydrogens is 314 g/mol. The molecule has 1 unspecified atom stereocenters. The molecule has 25 heavy (non-hydrogen) atoms. The van der Waals surface area contributed by atoms with Crippen LogP contribution in [0.5, 0.6) is 0 Å². The van der Waals surface area contributed by atoms with Gasteiger partial charge in [-0.3, -0.25) is 14.5 Å². The predicted molar refractivity (Wildman–Crippen MR) is 95.3 cm³/mol. The van der Waals surface area contributed by atoms with E-state index in [0.717, 1.165) is 40.8 Å². The Morgan fingerprint density at radius 2 is 2.04 bits per heavy atom. The first kappa shape index (κ1) is 15.7. The number of amides is 1. The van der Waals surface area contributed by atoms with Gasteiger partial charge in [0.05, 0.1) is 22.7 Å². The van der Waals surface area contributed by atoms with Crippen LogP contribution in [0.15, 0.2) is 30.6 Å². The average molecular weight is 335 g/mol. The van der Waals surface area contributed by atoms with E-state index in [2.05, 4.69) is 15.4 Å². The lowest BCUT2D eigenvalue weighted by atomic mass is 10.1. The first-order chi connectivity index (χ1) is 12.0. The molecule has 0 aromatic carbocycles. The molecule has 0 spiro atoms. The molecule has 3 aromatic rings. The summed E-state index contributed by atoms with van der Waals surface area (Å²) < 4.78 is 1.76. The molecule has 1 N–H and O–H groups in total. The number of rotatable bonds is 4. The summed E-state index contributed by atoms with van der Waals surface area (Å²) in [6.45, 7) is 3.90. The Bertz CT molecular complexity index is 943. The number of hydrogen-bond acceptors (Lipinski definition) is 4. The van der Waals surface area contributed by atoms with Gasteiger partial charge >= 0.3 is 0 Å². The smallest absolute Gasteiger partial charge is 0.252 e. The highest BCUT2D eigenvalue weighted by Crippen LogP contribution is 2.40. The molecule has 1 atom stereocenters. The van der Waals surface area contributed by atoms with Gasteiger partial charge in [0.1, 0.15) is 0 Å². The summed E-state index contributed by atoms with van der Waals surface area (Å²) in [5.41, 5.74) is 4.30. The highest BCUT2D eigenvalue weighted by molar-refractivity contribution is 6.06. The molecule has 6 heteroatoms. The lowest BCUT2D eigenvalue weighted by Crippen LogP contribution is -2.27. The Labute approximate surface area is 146 Å². The number of aryl methyl sites for hydroxylation is 2. The molecule has 0 aliphatic heterocycles. The maximum absolute atomic E-state index is 13.0. The van der Waals surface area contributed by atoms with Crippen molar-refractivity contribution in [3.8, 4) is 0 Å². The number of pyridine rings is 2. The van der Waals surface area contributed by atoms with Gasteiger partial charge < -0.3 is 5.32 Å². The molecule has 1 amide bonds. The largest absolute Gasteiger partial charge is 0.345 e. The van der Waals surface area contributed by atoms with Crippen molar-refractivity contribution in [1.29, 1.82) is 0 Å². The van der Waals surface area contributed by atoms with Crippen molar-refractivity contribution in [1.82, 2.24) is 25.1 Å². The predicted octanol–water partition coefficient (Wildman–Crippen LogP) is 3.04. The zero-order valence-corrected chi connectivity index (χ0v) is 14.7. The van der Waals surface area contributed by atoms with Crippen molar-refractivity contribution >= 4 is 16.9 Å². The third kappa shape index (κ3) is 2.88. The van der Waals surface area contributed by atoms with E-state index in [1.807, 2.05) is 39.1 Å². The monoisotopic (exact) mass is 335 g/mol. The van der Waals surface area contributed by atoms with E-state index < -0.39 is 0 Å². The third-order valence-electron chi connectivity index (χ3n) is 4.78. The number of nitrogens with one attached hydrogen (secondary N) is 1. The SMILES string of the molecule is Cc1nn(C)c2nc(C3CC3)cc(C(=O)NC(C)c3ccncc3)c12. The lowest BCUT2D eigenvalue weighted by molar-refractivity contribution is 0.0941. The minimum atomic E-state index is -0.0972.